The van der Waals surface area contributed by atoms with Gasteiger partial charge in [0.15, 0.2) is 5.54 Å². The second-order valence-corrected chi connectivity index (χ2v) is 6.33. The van der Waals surface area contributed by atoms with E-state index in [4.69, 9.17) is 4.74 Å². The van der Waals surface area contributed by atoms with E-state index < -0.39 is 23.4 Å². The largest absolute Gasteiger partial charge is 0.466 e. The molecular formula is C20H21N3O4. The third-order valence-corrected chi connectivity index (χ3v) is 4.37. The molecule has 27 heavy (non-hydrogen) atoms. The summed E-state index contributed by atoms with van der Waals surface area (Å²) in [7, 11) is 0. The van der Waals surface area contributed by atoms with E-state index >= 15 is 0 Å². The molecule has 0 aliphatic carbocycles. The van der Waals surface area contributed by atoms with Crippen LogP contribution in [0, 0.1) is 6.92 Å². The van der Waals surface area contributed by atoms with Crippen LogP contribution in [0.1, 0.15) is 24.5 Å². The maximum Gasteiger partial charge on any atom is 0.320 e. The van der Waals surface area contributed by atoms with Crippen LogP contribution in [0.4, 0.5) is 16.2 Å². The number of urea groups is 1. The van der Waals surface area contributed by atoms with E-state index in [2.05, 4.69) is 16.0 Å². The Balaban J connectivity index is 1.89. The number of ether oxygens (including phenoxy) is 1. The molecule has 0 spiro atoms. The fraction of sp³-hybridized carbons (Fsp3) is 0.250. The first-order chi connectivity index (χ1) is 12.9. The van der Waals surface area contributed by atoms with Crippen molar-refractivity contribution >= 4 is 29.3 Å². The molecule has 1 atom stereocenters. The summed E-state index contributed by atoms with van der Waals surface area (Å²) in [5, 5.41) is 8.11. The van der Waals surface area contributed by atoms with Gasteiger partial charge in [-0.1, -0.05) is 35.9 Å². The van der Waals surface area contributed by atoms with Crippen molar-refractivity contribution in [2.24, 2.45) is 0 Å². The van der Waals surface area contributed by atoms with Crippen molar-refractivity contribution in [2.45, 2.75) is 25.8 Å². The van der Waals surface area contributed by atoms with Crippen molar-refractivity contribution in [2.75, 3.05) is 17.2 Å². The Hall–Kier alpha value is -3.35. The van der Waals surface area contributed by atoms with Gasteiger partial charge in [0.1, 0.15) is 0 Å². The van der Waals surface area contributed by atoms with Crippen molar-refractivity contribution in [1.82, 2.24) is 5.32 Å². The monoisotopic (exact) mass is 367 g/mol. The van der Waals surface area contributed by atoms with Gasteiger partial charge in [-0.25, -0.2) is 4.79 Å². The molecule has 3 rings (SSSR count). The van der Waals surface area contributed by atoms with Crippen LogP contribution in [0.2, 0.25) is 0 Å². The van der Waals surface area contributed by atoms with Gasteiger partial charge in [0.25, 0.3) is 5.91 Å². The minimum Gasteiger partial charge on any atom is -0.466 e. The second-order valence-electron chi connectivity index (χ2n) is 6.33. The first kappa shape index (κ1) is 18.4. The highest BCUT2D eigenvalue weighted by Gasteiger charge is 2.50. The van der Waals surface area contributed by atoms with E-state index in [-0.39, 0.29) is 13.0 Å². The van der Waals surface area contributed by atoms with Crippen molar-refractivity contribution in [3.05, 3.63) is 59.7 Å². The predicted molar refractivity (Wildman–Crippen MR) is 101 cm³/mol. The lowest BCUT2D eigenvalue weighted by Gasteiger charge is -2.28. The number of rotatable bonds is 5. The van der Waals surface area contributed by atoms with Crippen LogP contribution in [0.3, 0.4) is 0 Å². The van der Waals surface area contributed by atoms with Crippen molar-refractivity contribution in [3.63, 3.8) is 0 Å². The minimum absolute atomic E-state index is 0.188. The quantitative estimate of drug-likeness (QED) is 0.708. The SMILES string of the molecule is CCOC(=O)C[C@@]1(NC(=O)Nc2ccc(C)cc2)C(=O)Nc2ccccc21. The number of benzene rings is 2. The van der Waals surface area contributed by atoms with Gasteiger partial charge in [-0.15, -0.1) is 0 Å². The Labute approximate surface area is 157 Å². The number of hydrogen-bond acceptors (Lipinski definition) is 4. The molecule has 3 amide bonds. The van der Waals surface area contributed by atoms with Gasteiger partial charge in [-0.3, -0.25) is 9.59 Å². The Kier molecular flexibility index (Phi) is 5.12. The molecule has 0 aromatic heterocycles. The number of para-hydroxylation sites is 1. The third kappa shape index (κ3) is 3.76. The Morgan fingerprint density at radius 3 is 2.52 bits per heavy atom. The molecule has 2 aromatic carbocycles. The first-order valence-corrected chi connectivity index (χ1v) is 8.67. The Morgan fingerprint density at radius 1 is 1.11 bits per heavy atom. The number of nitrogens with one attached hydrogen (secondary N) is 3. The summed E-state index contributed by atoms with van der Waals surface area (Å²) in [6.45, 7) is 3.82. The fourth-order valence-electron chi connectivity index (χ4n) is 3.08. The molecule has 0 saturated carbocycles. The van der Waals surface area contributed by atoms with Crippen LogP contribution >= 0.6 is 0 Å². The number of anilines is 2. The average Bonchev–Trinajstić information content (AvgIpc) is 2.89. The number of aryl methyl sites for hydroxylation is 1. The van der Waals surface area contributed by atoms with E-state index in [0.717, 1.165) is 5.56 Å². The number of amides is 3. The van der Waals surface area contributed by atoms with Gasteiger partial charge >= 0.3 is 12.0 Å². The van der Waals surface area contributed by atoms with Crippen molar-refractivity contribution < 1.29 is 19.1 Å². The van der Waals surface area contributed by atoms with Gasteiger partial charge in [0.05, 0.1) is 13.0 Å². The smallest absolute Gasteiger partial charge is 0.320 e. The highest BCUT2D eigenvalue weighted by Crippen LogP contribution is 2.38. The van der Waals surface area contributed by atoms with Crippen LogP contribution in [0.25, 0.3) is 0 Å². The number of hydrogen-bond donors (Lipinski definition) is 3. The third-order valence-electron chi connectivity index (χ3n) is 4.37. The van der Waals surface area contributed by atoms with Crippen LogP contribution in [0.5, 0.6) is 0 Å². The van der Waals surface area contributed by atoms with Gasteiger partial charge in [-0.05, 0) is 32.0 Å². The van der Waals surface area contributed by atoms with Gasteiger partial charge in [0.2, 0.25) is 0 Å². The van der Waals surface area contributed by atoms with Gasteiger partial charge in [0, 0.05) is 16.9 Å². The maximum atomic E-state index is 12.8. The minimum atomic E-state index is -1.53. The molecular weight excluding hydrogens is 346 g/mol. The first-order valence-electron chi connectivity index (χ1n) is 8.67. The summed E-state index contributed by atoms with van der Waals surface area (Å²) in [6.07, 6.45) is -0.301. The molecule has 0 bridgehead atoms. The lowest BCUT2D eigenvalue weighted by atomic mass is 9.88. The normalized spacial score (nSPS) is 17.6. The number of carbonyl (C=O) groups is 3. The molecule has 2 aromatic rings. The summed E-state index contributed by atoms with van der Waals surface area (Å²) in [5.41, 5.74) is 1.20. The molecule has 7 nitrogen and oxygen atoms in total. The highest BCUT2D eigenvalue weighted by atomic mass is 16.5. The lowest BCUT2D eigenvalue weighted by molar-refractivity contribution is -0.146. The molecule has 0 saturated heterocycles. The zero-order chi connectivity index (χ0) is 19.4. The summed E-state index contributed by atoms with van der Waals surface area (Å²) < 4.78 is 5.01. The standard InChI is InChI=1S/C20H21N3O4/c1-3-27-17(24)12-20(15-6-4-5-7-16(15)22-18(20)25)23-19(26)21-14-10-8-13(2)9-11-14/h4-11H,3,12H2,1-2H3,(H,22,25)(H2,21,23,26)/t20-/m0/s1. The van der Waals surface area contributed by atoms with Crippen molar-refractivity contribution in [1.29, 1.82) is 0 Å². The summed E-state index contributed by atoms with van der Waals surface area (Å²) >= 11 is 0. The molecule has 1 aliphatic rings. The van der Waals surface area contributed by atoms with Crippen LogP contribution in [-0.2, 0) is 19.9 Å². The van der Waals surface area contributed by atoms with E-state index in [9.17, 15) is 14.4 Å². The van der Waals surface area contributed by atoms with E-state index in [1.54, 1.807) is 43.3 Å². The number of carbonyl (C=O) groups excluding carboxylic acids is 3. The van der Waals surface area contributed by atoms with Crippen LogP contribution in [-0.4, -0.2) is 24.5 Å². The second kappa shape index (κ2) is 7.49. The topological polar surface area (TPSA) is 96.5 Å². The van der Waals surface area contributed by atoms with Gasteiger partial charge < -0.3 is 20.7 Å². The molecule has 0 unspecified atom stereocenters. The maximum absolute atomic E-state index is 12.8. The van der Waals surface area contributed by atoms with E-state index in [0.29, 0.717) is 16.9 Å². The van der Waals surface area contributed by atoms with Gasteiger partial charge in [-0.2, -0.15) is 0 Å². The number of fused-ring (bicyclic) bond motifs is 1. The predicted octanol–water partition coefficient (Wildman–Crippen LogP) is 2.92. The summed E-state index contributed by atoms with van der Waals surface area (Å²) in [5.74, 6) is -1.05. The van der Waals surface area contributed by atoms with E-state index in [1.165, 1.54) is 0 Å². The lowest BCUT2D eigenvalue weighted by Crippen LogP contribution is -2.53. The van der Waals surface area contributed by atoms with Crippen LogP contribution in [0.15, 0.2) is 48.5 Å². The fourth-order valence-corrected chi connectivity index (χ4v) is 3.08. The zero-order valence-electron chi connectivity index (χ0n) is 15.2. The molecule has 0 fully saturated rings. The molecule has 1 aliphatic heterocycles. The molecule has 1 heterocycles. The highest BCUT2D eigenvalue weighted by molar-refractivity contribution is 6.10. The molecule has 0 radical (unpaired) electrons. The summed E-state index contributed by atoms with van der Waals surface area (Å²) in [4.78, 5) is 37.5. The molecule has 7 heteroatoms. The average molecular weight is 367 g/mol. The number of esters is 1. The zero-order valence-corrected chi connectivity index (χ0v) is 15.2. The summed E-state index contributed by atoms with van der Waals surface area (Å²) in [6, 6.07) is 13.6. The molecule has 140 valence electrons. The Morgan fingerprint density at radius 2 is 1.81 bits per heavy atom. The van der Waals surface area contributed by atoms with Crippen molar-refractivity contribution in [3.8, 4) is 0 Å². The Bertz CT molecular complexity index is 879. The molecule has 3 N–H and O–H groups in total. The van der Waals surface area contributed by atoms with E-state index in [1.807, 2.05) is 19.1 Å². The van der Waals surface area contributed by atoms with Crippen LogP contribution < -0.4 is 16.0 Å².